The first-order valence-corrected chi connectivity index (χ1v) is 4.06. The summed E-state index contributed by atoms with van der Waals surface area (Å²) in [6, 6.07) is -0.979. The molecule has 8 heteroatoms. The fourth-order valence-electron chi connectivity index (χ4n) is 0.421. The summed E-state index contributed by atoms with van der Waals surface area (Å²) >= 11 is 0. The van der Waals surface area contributed by atoms with Crippen molar-refractivity contribution in [1.82, 2.24) is 0 Å². The largest absolute Gasteiger partial charge is 0.480 e. The molecular formula is C7H16N4O4. The first-order valence-electron chi connectivity index (χ1n) is 4.06. The van der Waals surface area contributed by atoms with Crippen LogP contribution in [0.2, 0.25) is 0 Å². The molecule has 0 aliphatic rings. The van der Waals surface area contributed by atoms with Crippen molar-refractivity contribution < 1.29 is 19.5 Å². The van der Waals surface area contributed by atoms with E-state index in [0.29, 0.717) is 0 Å². The summed E-state index contributed by atoms with van der Waals surface area (Å²) in [5, 5.41) is 8.22. The molecule has 2 amide bonds. The Balaban J connectivity index is 0. The zero-order valence-corrected chi connectivity index (χ0v) is 8.18. The molecule has 0 radical (unpaired) electrons. The van der Waals surface area contributed by atoms with Crippen LogP contribution in [0, 0.1) is 0 Å². The summed E-state index contributed by atoms with van der Waals surface area (Å²) in [5.74, 6) is -2.11. The Kier molecular flexibility index (Phi) is 9.37. The van der Waals surface area contributed by atoms with Crippen molar-refractivity contribution in [3.05, 3.63) is 0 Å². The molecule has 0 saturated heterocycles. The minimum atomic E-state index is -1.11. The van der Waals surface area contributed by atoms with E-state index in [-0.39, 0.29) is 19.4 Å². The van der Waals surface area contributed by atoms with Crippen LogP contribution in [0.4, 0.5) is 0 Å². The maximum atomic E-state index is 10.1. The predicted molar refractivity (Wildman–Crippen MR) is 52.3 cm³/mol. The van der Waals surface area contributed by atoms with Gasteiger partial charge in [0.1, 0.15) is 6.04 Å². The highest BCUT2D eigenvalue weighted by Crippen LogP contribution is 1.92. The number of hydrogen-bond donors (Lipinski definition) is 5. The highest BCUT2D eigenvalue weighted by Gasteiger charge is 2.11. The lowest BCUT2D eigenvalue weighted by Crippen LogP contribution is -2.31. The van der Waals surface area contributed by atoms with Gasteiger partial charge in [-0.05, 0) is 6.42 Å². The average molecular weight is 220 g/mol. The van der Waals surface area contributed by atoms with Gasteiger partial charge in [0.15, 0.2) is 0 Å². The second-order valence-corrected chi connectivity index (χ2v) is 2.62. The first kappa shape index (κ1) is 15.8. The topological polar surface area (TPSA) is 176 Å². The lowest BCUT2D eigenvalue weighted by atomic mass is 10.2. The van der Waals surface area contributed by atoms with E-state index in [0.717, 1.165) is 0 Å². The Bertz CT molecular complexity index is 231. The Labute approximate surface area is 86.6 Å². The van der Waals surface area contributed by atoms with E-state index in [1.165, 1.54) is 0 Å². The van der Waals surface area contributed by atoms with Gasteiger partial charge in [0.05, 0.1) is 6.54 Å². The maximum Gasteiger partial charge on any atom is 0.320 e. The van der Waals surface area contributed by atoms with Gasteiger partial charge in [-0.25, -0.2) is 0 Å². The molecule has 0 aliphatic heterocycles. The summed E-state index contributed by atoms with van der Waals surface area (Å²) in [5.41, 5.74) is 19.0. The Hall–Kier alpha value is -1.67. The lowest BCUT2D eigenvalue weighted by molar-refractivity contribution is -0.138. The Morgan fingerprint density at radius 2 is 1.53 bits per heavy atom. The van der Waals surface area contributed by atoms with E-state index in [4.69, 9.17) is 22.3 Å². The third kappa shape index (κ3) is 15.1. The molecule has 9 N–H and O–H groups in total. The highest BCUT2D eigenvalue weighted by atomic mass is 16.4. The molecular weight excluding hydrogens is 204 g/mol. The minimum absolute atomic E-state index is 0.0213. The number of amides is 2. The van der Waals surface area contributed by atoms with Crippen molar-refractivity contribution in [2.75, 3.05) is 6.54 Å². The molecule has 0 unspecified atom stereocenters. The van der Waals surface area contributed by atoms with Crippen LogP contribution >= 0.6 is 0 Å². The predicted octanol–water partition coefficient (Wildman–Crippen LogP) is -2.91. The van der Waals surface area contributed by atoms with E-state index >= 15 is 0 Å². The van der Waals surface area contributed by atoms with Gasteiger partial charge in [0.25, 0.3) is 0 Å². The number of primary amides is 2. The van der Waals surface area contributed by atoms with Gasteiger partial charge in [-0.15, -0.1) is 0 Å². The average Bonchev–Trinajstić information content (AvgIpc) is 2.14. The molecule has 88 valence electrons. The van der Waals surface area contributed by atoms with E-state index in [1.807, 2.05) is 0 Å². The zero-order valence-electron chi connectivity index (χ0n) is 8.18. The van der Waals surface area contributed by atoms with Gasteiger partial charge in [-0.2, -0.15) is 0 Å². The standard InChI is InChI=1S/C5H10N2O3.C2H6N2O/c6-3(5(9)10)1-2-4(7)8;3-1-2(4)5/h3H,1-2,6H2,(H2,7,8)(H,9,10);1,3H2,(H2,4,5)/t3-;/m0./s1. The van der Waals surface area contributed by atoms with E-state index in [1.54, 1.807) is 0 Å². The first-order chi connectivity index (χ1) is 6.81. The molecule has 0 heterocycles. The van der Waals surface area contributed by atoms with Crippen LogP contribution in [-0.4, -0.2) is 35.5 Å². The van der Waals surface area contributed by atoms with E-state index in [2.05, 4.69) is 5.73 Å². The summed E-state index contributed by atoms with van der Waals surface area (Å²) in [4.78, 5) is 29.6. The van der Waals surface area contributed by atoms with Gasteiger partial charge in [-0.3, -0.25) is 14.4 Å². The smallest absolute Gasteiger partial charge is 0.320 e. The van der Waals surface area contributed by atoms with Gasteiger partial charge in [-0.1, -0.05) is 0 Å². The van der Waals surface area contributed by atoms with Crippen LogP contribution in [0.15, 0.2) is 0 Å². The molecule has 0 aliphatic carbocycles. The molecule has 0 aromatic rings. The normalized spacial score (nSPS) is 10.8. The summed E-state index contributed by atoms with van der Waals surface area (Å²) in [6.45, 7) is -0.0556. The third-order valence-corrected chi connectivity index (χ3v) is 1.22. The summed E-state index contributed by atoms with van der Waals surface area (Å²) < 4.78 is 0. The summed E-state index contributed by atoms with van der Waals surface area (Å²) in [6.07, 6.45) is 0.123. The van der Waals surface area contributed by atoms with Gasteiger partial charge in [0, 0.05) is 6.42 Å². The van der Waals surface area contributed by atoms with Crippen molar-refractivity contribution in [2.45, 2.75) is 18.9 Å². The Morgan fingerprint density at radius 1 is 1.13 bits per heavy atom. The van der Waals surface area contributed by atoms with Crippen molar-refractivity contribution in [1.29, 1.82) is 0 Å². The second kappa shape index (κ2) is 8.91. The second-order valence-electron chi connectivity index (χ2n) is 2.62. The van der Waals surface area contributed by atoms with E-state index < -0.39 is 23.8 Å². The number of aliphatic carboxylic acids is 1. The molecule has 0 saturated carbocycles. The van der Waals surface area contributed by atoms with Crippen molar-refractivity contribution in [3.8, 4) is 0 Å². The third-order valence-electron chi connectivity index (χ3n) is 1.22. The van der Waals surface area contributed by atoms with Crippen LogP contribution in [0.3, 0.4) is 0 Å². The van der Waals surface area contributed by atoms with Crippen LogP contribution in [0.5, 0.6) is 0 Å². The molecule has 0 rings (SSSR count). The fraction of sp³-hybridized carbons (Fsp3) is 0.571. The van der Waals surface area contributed by atoms with E-state index in [9.17, 15) is 14.4 Å². The molecule has 0 fully saturated rings. The molecule has 1 atom stereocenters. The maximum absolute atomic E-state index is 10.1. The molecule has 0 aromatic heterocycles. The molecule has 8 nitrogen and oxygen atoms in total. The lowest BCUT2D eigenvalue weighted by Gasteiger charge is -2.01. The van der Waals surface area contributed by atoms with Gasteiger partial charge in [0.2, 0.25) is 11.8 Å². The molecule has 0 bridgehead atoms. The van der Waals surface area contributed by atoms with Crippen LogP contribution in [0.25, 0.3) is 0 Å². The monoisotopic (exact) mass is 220 g/mol. The number of carbonyl (C=O) groups excluding carboxylic acids is 2. The minimum Gasteiger partial charge on any atom is -0.480 e. The van der Waals surface area contributed by atoms with Crippen molar-refractivity contribution in [2.24, 2.45) is 22.9 Å². The number of nitrogens with two attached hydrogens (primary N) is 4. The SMILES string of the molecule is NC(=O)CC[C@H](N)C(=O)O.NCC(N)=O. The zero-order chi connectivity index (χ0) is 12.4. The van der Waals surface area contributed by atoms with Gasteiger partial charge >= 0.3 is 5.97 Å². The molecule has 0 spiro atoms. The fourth-order valence-corrected chi connectivity index (χ4v) is 0.421. The quantitative estimate of drug-likeness (QED) is 0.331. The highest BCUT2D eigenvalue weighted by molar-refractivity contribution is 5.77. The summed E-state index contributed by atoms with van der Waals surface area (Å²) in [7, 11) is 0. The number of rotatable bonds is 5. The molecule has 0 aromatic carbocycles. The molecule has 15 heavy (non-hydrogen) atoms. The van der Waals surface area contributed by atoms with Crippen molar-refractivity contribution >= 4 is 17.8 Å². The van der Waals surface area contributed by atoms with Crippen LogP contribution in [0.1, 0.15) is 12.8 Å². The van der Waals surface area contributed by atoms with Crippen LogP contribution < -0.4 is 22.9 Å². The number of hydrogen-bond acceptors (Lipinski definition) is 5. The van der Waals surface area contributed by atoms with Gasteiger partial charge < -0.3 is 28.0 Å². The number of carboxylic acids is 1. The number of carboxylic acid groups (broad SMARTS) is 1. The Morgan fingerprint density at radius 3 is 1.73 bits per heavy atom. The van der Waals surface area contributed by atoms with Crippen LogP contribution in [-0.2, 0) is 14.4 Å². The van der Waals surface area contributed by atoms with Crippen molar-refractivity contribution in [3.63, 3.8) is 0 Å². The number of carbonyl (C=O) groups is 3.